The Morgan fingerprint density at radius 1 is 1.26 bits per heavy atom. The average molecular weight is 312 g/mol. The lowest BCUT2D eigenvalue weighted by Crippen LogP contribution is -2.34. The Morgan fingerprint density at radius 2 is 1.79 bits per heavy atom. The van der Waals surface area contributed by atoms with Crippen LogP contribution in [0.2, 0.25) is 0 Å². The van der Waals surface area contributed by atoms with Gasteiger partial charge in [-0.1, -0.05) is 17.7 Å². The summed E-state index contributed by atoms with van der Waals surface area (Å²) in [6.07, 6.45) is 0.984. The molecule has 0 saturated heterocycles. The van der Waals surface area contributed by atoms with Crippen molar-refractivity contribution in [3.05, 3.63) is 0 Å². The highest BCUT2D eigenvalue weighted by Gasteiger charge is 2.17. The zero-order valence-corrected chi connectivity index (χ0v) is 12.8. The molecule has 7 nitrogen and oxygen atoms in total. The topological polar surface area (TPSA) is 130 Å². The summed E-state index contributed by atoms with van der Waals surface area (Å²) in [6.45, 7) is 5.58. The summed E-state index contributed by atoms with van der Waals surface area (Å²) in [5.41, 5.74) is 4.85. The van der Waals surface area contributed by atoms with Gasteiger partial charge in [0.05, 0.1) is 6.54 Å². The number of carbonyl (C=O) groups excluding carboxylic acids is 1. The van der Waals surface area contributed by atoms with Crippen LogP contribution >= 0.6 is 21.6 Å². The summed E-state index contributed by atoms with van der Waals surface area (Å²) < 4.78 is 0.0725. The zero-order valence-electron chi connectivity index (χ0n) is 11.1. The van der Waals surface area contributed by atoms with Crippen molar-refractivity contribution in [3.63, 3.8) is 0 Å². The lowest BCUT2D eigenvalue weighted by atomic mass is 10.1. The molecule has 0 spiro atoms. The van der Waals surface area contributed by atoms with Crippen LogP contribution in [0.25, 0.3) is 0 Å². The molecule has 0 rings (SSSR count). The van der Waals surface area contributed by atoms with Crippen molar-refractivity contribution >= 4 is 38.8 Å². The number of amides is 1. The fraction of sp³-hybridized carbons (Fsp3) is 0.700. The van der Waals surface area contributed by atoms with Crippen molar-refractivity contribution in [2.45, 2.75) is 31.9 Å². The van der Waals surface area contributed by atoms with Gasteiger partial charge in [0.15, 0.2) is 0 Å². The molecule has 5 N–H and O–H groups in total. The van der Waals surface area contributed by atoms with E-state index in [0.717, 1.165) is 17.2 Å². The predicted molar refractivity (Wildman–Crippen MR) is 77.3 cm³/mol. The summed E-state index contributed by atoms with van der Waals surface area (Å²) in [6, 6.07) is 0. The minimum Gasteiger partial charge on any atom is -0.480 e. The smallest absolute Gasteiger partial charge is 0.375 e. The minimum absolute atomic E-state index is 0.0725. The molecule has 0 heterocycles. The highest BCUT2D eigenvalue weighted by atomic mass is 33.1. The Morgan fingerprint density at radius 3 is 2.11 bits per heavy atom. The van der Waals surface area contributed by atoms with Crippen LogP contribution in [0.5, 0.6) is 0 Å². The van der Waals surface area contributed by atoms with Gasteiger partial charge >= 0.3 is 11.3 Å². The molecule has 19 heavy (non-hydrogen) atoms. The van der Waals surface area contributed by atoms with E-state index in [1.165, 1.54) is 10.8 Å². The molecule has 0 bridgehead atoms. The van der Waals surface area contributed by atoms with Crippen molar-refractivity contribution in [3.8, 4) is 0 Å². The molecule has 0 aromatic carbocycles. The van der Waals surface area contributed by atoms with Gasteiger partial charge in [0.1, 0.15) is 6.54 Å². The maximum absolute atomic E-state index is 10.2. The van der Waals surface area contributed by atoms with Crippen molar-refractivity contribution in [2.24, 2.45) is 5.73 Å². The van der Waals surface area contributed by atoms with Crippen LogP contribution in [-0.2, 0) is 9.59 Å². The summed E-state index contributed by atoms with van der Waals surface area (Å²) in [5, 5.41) is 17.6. The van der Waals surface area contributed by atoms with E-state index >= 15 is 0 Å². The van der Waals surface area contributed by atoms with Crippen molar-refractivity contribution < 1.29 is 24.6 Å². The molecule has 9 heteroatoms. The molecule has 1 amide bonds. The zero-order chi connectivity index (χ0) is 15.5. The normalized spacial score (nSPS) is 10.1. The first-order valence-corrected chi connectivity index (χ1v) is 7.56. The summed E-state index contributed by atoms with van der Waals surface area (Å²) in [7, 11) is 2.30. The van der Waals surface area contributed by atoms with Crippen LogP contribution in [0, 0.1) is 0 Å². The molecule has 112 valence electrons. The minimum atomic E-state index is -1.07. The SMILES string of the molecule is CCC(C)(C)SSC(=O)O.NCC(=O)NCC(=O)O. The van der Waals surface area contributed by atoms with Crippen molar-refractivity contribution in [2.75, 3.05) is 13.1 Å². The number of hydrogen-bond acceptors (Lipinski definition) is 6. The van der Waals surface area contributed by atoms with E-state index in [9.17, 15) is 14.4 Å². The number of nitrogens with one attached hydrogen (secondary N) is 1. The lowest BCUT2D eigenvalue weighted by molar-refractivity contribution is -0.137. The van der Waals surface area contributed by atoms with Crippen LogP contribution in [-0.4, -0.2) is 45.2 Å². The summed E-state index contributed by atoms with van der Waals surface area (Å²) in [4.78, 5) is 30.1. The predicted octanol–water partition coefficient (Wildman–Crippen LogP) is 1.38. The molecule has 0 aliphatic rings. The lowest BCUT2D eigenvalue weighted by Gasteiger charge is -2.18. The Balaban J connectivity index is 0. The van der Waals surface area contributed by atoms with E-state index in [0.29, 0.717) is 0 Å². The Bertz CT molecular complexity index is 310. The van der Waals surface area contributed by atoms with Gasteiger partial charge in [-0.15, -0.1) is 0 Å². The molecule has 0 radical (unpaired) electrons. The molecule has 0 aliphatic heterocycles. The quantitative estimate of drug-likeness (QED) is 0.541. The largest absolute Gasteiger partial charge is 0.480 e. The maximum Gasteiger partial charge on any atom is 0.375 e. The number of carboxylic acids is 1. The number of carboxylic acid groups (broad SMARTS) is 2. The van der Waals surface area contributed by atoms with E-state index in [-0.39, 0.29) is 17.8 Å². The van der Waals surface area contributed by atoms with Gasteiger partial charge in [0, 0.05) is 15.5 Å². The van der Waals surface area contributed by atoms with E-state index in [4.69, 9.17) is 15.9 Å². The van der Waals surface area contributed by atoms with Gasteiger partial charge < -0.3 is 21.3 Å². The third-order valence-corrected chi connectivity index (χ3v) is 4.81. The van der Waals surface area contributed by atoms with Crippen LogP contribution in [0.3, 0.4) is 0 Å². The Labute approximate surface area is 120 Å². The molecule has 0 aromatic heterocycles. The van der Waals surface area contributed by atoms with E-state index in [1.54, 1.807) is 0 Å². The van der Waals surface area contributed by atoms with E-state index < -0.39 is 17.2 Å². The first kappa shape index (κ1) is 20.4. The van der Waals surface area contributed by atoms with Crippen molar-refractivity contribution in [1.29, 1.82) is 0 Å². The Kier molecular flexibility index (Phi) is 11.7. The molecule has 0 aromatic rings. The molecule has 0 unspecified atom stereocenters. The molecular formula is C10H20N2O5S2. The number of rotatable bonds is 6. The van der Waals surface area contributed by atoms with Gasteiger partial charge in [-0.25, -0.2) is 4.79 Å². The van der Waals surface area contributed by atoms with Gasteiger partial charge in [-0.3, -0.25) is 9.59 Å². The maximum atomic E-state index is 10.2. The second-order valence-corrected chi connectivity index (χ2v) is 6.71. The first-order chi connectivity index (χ1) is 8.64. The molecule has 0 atom stereocenters. The van der Waals surface area contributed by atoms with Crippen LogP contribution in [0.15, 0.2) is 0 Å². The van der Waals surface area contributed by atoms with Gasteiger partial charge in [0.25, 0.3) is 0 Å². The molecule has 0 aliphatic carbocycles. The van der Waals surface area contributed by atoms with Crippen LogP contribution < -0.4 is 11.1 Å². The van der Waals surface area contributed by atoms with Crippen LogP contribution in [0.4, 0.5) is 4.79 Å². The number of hydrogen-bond donors (Lipinski definition) is 4. The molecule has 0 fully saturated rings. The van der Waals surface area contributed by atoms with E-state index in [1.807, 2.05) is 13.8 Å². The fourth-order valence-electron chi connectivity index (χ4n) is 0.454. The third kappa shape index (κ3) is 17.1. The molecule has 0 saturated carbocycles. The standard InChI is InChI=1S/C6H12O2S2.C4H8N2O3/c1-4-6(2,3)10-9-5(7)8;5-1-3(7)6-2-4(8)9/h4H2,1-3H3,(H,7,8);1-2,5H2,(H,6,7)(H,8,9). The Hall–Kier alpha value is -0.930. The second kappa shape index (κ2) is 10.9. The number of nitrogens with two attached hydrogens (primary N) is 1. The second-order valence-electron chi connectivity index (χ2n) is 3.92. The average Bonchev–Trinajstić information content (AvgIpc) is 2.34. The summed E-state index contributed by atoms with van der Waals surface area (Å²) >= 11 is 0. The molecular weight excluding hydrogens is 292 g/mol. The monoisotopic (exact) mass is 312 g/mol. The first-order valence-electron chi connectivity index (χ1n) is 5.41. The van der Waals surface area contributed by atoms with E-state index in [2.05, 4.69) is 12.2 Å². The number of aliphatic carboxylic acids is 1. The van der Waals surface area contributed by atoms with Gasteiger partial charge in [-0.2, -0.15) is 0 Å². The highest BCUT2D eigenvalue weighted by Crippen LogP contribution is 2.37. The third-order valence-electron chi connectivity index (χ3n) is 1.81. The van der Waals surface area contributed by atoms with Gasteiger partial charge in [-0.05, 0) is 20.3 Å². The number of carbonyl (C=O) groups is 3. The highest BCUT2D eigenvalue weighted by molar-refractivity contribution is 8.82. The fourth-order valence-corrected chi connectivity index (χ4v) is 2.11. The summed E-state index contributed by atoms with van der Waals surface area (Å²) in [5.74, 6) is -1.53. The van der Waals surface area contributed by atoms with Crippen molar-refractivity contribution in [1.82, 2.24) is 5.32 Å². The van der Waals surface area contributed by atoms with Gasteiger partial charge in [0.2, 0.25) is 5.91 Å². The van der Waals surface area contributed by atoms with Crippen LogP contribution in [0.1, 0.15) is 27.2 Å².